The van der Waals surface area contributed by atoms with Crippen molar-refractivity contribution in [3.05, 3.63) is 161 Å². The molecule has 0 spiro atoms. The third-order valence-electron chi connectivity index (χ3n) is 14.6. The van der Waals surface area contributed by atoms with Crippen molar-refractivity contribution in [2.24, 2.45) is 0 Å². The normalized spacial score (nSPS) is 14.0. The summed E-state index contributed by atoms with van der Waals surface area (Å²) < 4.78 is 2.78. The maximum atomic E-state index is 2.78. The highest BCUT2D eigenvalue weighted by molar-refractivity contribution is 6.90. The van der Waals surface area contributed by atoms with Gasteiger partial charge in [0.1, 0.15) is 0 Å². The molecule has 3 heteroatoms. The summed E-state index contributed by atoms with van der Waals surface area (Å²) >= 11 is 0. The zero-order chi connectivity index (χ0) is 46.3. The quantitative estimate of drug-likeness (QED) is 0.161. The third kappa shape index (κ3) is 6.99. The molecule has 10 rings (SSSR count). The van der Waals surface area contributed by atoms with Gasteiger partial charge in [-0.25, -0.2) is 0 Å². The highest BCUT2D eigenvalue weighted by atomic mass is 15.2. The minimum atomic E-state index is -0.0953. The summed E-state index contributed by atoms with van der Waals surface area (Å²) in [5, 5.41) is 3.84. The molecule has 0 aliphatic carbocycles. The molecule has 3 heterocycles. The van der Waals surface area contributed by atoms with Crippen LogP contribution in [0, 0.1) is 0 Å². The fraction of sp³-hybridized carbons (Fsp3) is 0.323. The van der Waals surface area contributed by atoms with Crippen LogP contribution in [0.4, 0.5) is 17.1 Å². The van der Waals surface area contributed by atoms with Crippen molar-refractivity contribution in [1.29, 1.82) is 0 Å². The van der Waals surface area contributed by atoms with Gasteiger partial charge in [-0.05, 0) is 118 Å². The molecule has 0 atom stereocenters. The van der Waals surface area contributed by atoms with Crippen LogP contribution in [0.3, 0.4) is 0 Å². The number of aromatic nitrogens is 1. The minimum absolute atomic E-state index is 0.0353. The summed E-state index contributed by atoms with van der Waals surface area (Å²) in [7, 11) is 0. The van der Waals surface area contributed by atoms with Crippen molar-refractivity contribution in [2.75, 3.05) is 4.90 Å². The SMILES string of the molecule is CC(C)(C)c1ccc(-c2c(-c3ccc(C(C)(C)C)cc3)n3c4c(cc(C(C)(C)C)cc24)-c2cc(C(C)(C)C)cc4c2B3c2ccc3ccccc3c2N4c2ccc(C(C)(C)C)cc2)cc1. The molecule has 7 aromatic carbocycles. The van der Waals surface area contributed by atoms with Gasteiger partial charge in [-0.2, -0.15) is 0 Å². The zero-order valence-electron chi connectivity index (χ0n) is 41.7. The Labute approximate surface area is 389 Å². The average molecular weight is 851 g/mol. The molecule has 2 nitrogen and oxygen atoms in total. The smallest absolute Gasteiger partial charge is 0.333 e. The maximum Gasteiger partial charge on any atom is 0.333 e. The summed E-state index contributed by atoms with van der Waals surface area (Å²) in [6, 6.07) is 52.6. The third-order valence-corrected chi connectivity index (χ3v) is 14.6. The van der Waals surface area contributed by atoms with Crippen molar-refractivity contribution in [3.63, 3.8) is 0 Å². The van der Waals surface area contributed by atoms with E-state index in [1.807, 2.05) is 0 Å². The van der Waals surface area contributed by atoms with Crippen LogP contribution in [0.2, 0.25) is 0 Å². The van der Waals surface area contributed by atoms with Crippen molar-refractivity contribution in [1.82, 2.24) is 4.48 Å². The van der Waals surface area contributed by atoms with Crippen molar-refractivity contribution >= 4 is 56.5 Å². The fourth-order valence-electron chi connectivity index (χ4n) is 10.6. The number of fused-ring (bicyclic) bond motifs is 6. The molecule has 2 aliphatic rings. The second-order valence-electron chi connectivity index (χ2n) is 24.4. The van der Waals surface area contributed by atoms with Gasteiger partial charge in [-0.3, -0.25) is 0 Å². The Morgan fingerprint density at radius 1 is 0.415 bits per heavy atom. The minimum Gasteiger partial charge on any atom is -0.375 e. The Morgan fingerprint density at radius 3 is 1.46 bits per heavy atom. The van der Waals surface area contributed by atoms with E-state index in [-0.39, 0.29) is 33.9 Å². The highest BCUT2D eigenvalue weighted by Crippen LogP contribution is 2.52. The Balaban J connectivity index is 1.41. The van der Waals surface area contributed by atoms with E-state index in [2.05, 4.69) is 247 Å². The van der Waals surface area contributed by atoms with Crippen molar-refractivity contribution < 1.29 is 0 Å². The van der Waals surface area contributed by atoms with Gasteiger partial charge in [0.25, 0.3) is 0 Å². The molecular weight excluding hydrogens is 784 g/mol. The molecule has 0 saturated heterocycles. The van der Waals surface area contributed by atoms with E-state index in [1.165, 1.54) is 111 Å². The summed E-state index contributed by atoms with van der Waals surface area (Å²) in [5.41, 5.74) is 22.2. The molecule has 65 heavy (non-hydrogen) atoms. The van der Waals surface area contributed by atoms with Gasteiger partial charge in [0.15, 0.2) is 0 Å². The van der Waals surface area contributed by atoms with Crippen LogP contribution in [-0.2, 0) is 27.1 Å². The van der Waals surface area contributed by atoms with E-state index in [1.54, 1.807) is 0 Å². The lowest BCUT2D eigenvalue weighted by atomic mass is 9.44. The molecule has 0 saturated carbocycles. The molecule has 0 fully saturated rings. The molecule has 1 aromatic heterocycles. The van der Waals surface area contributed by atoms with E-state index in [4.69, 9.17) is 0 Å². The summed E-state index contributed by atoms with van der Waals surface area (Å²) in [6.45, 7) is 35.0. The Bertz CT molecular complexity index is 3180. The molecule has 2 aliphatic heterocycles. The number of anilines is 3. The Kier molecular flexibility index (Phi) is 9.52. The van der Waals surface area contributed by atoms with Crippen LogP contribution in [0.1, 0.15) is 132 Å². The largest absolute Gasteiger partial charge is 0.375 e. The lowest BCUT2D eigenvalue weighted by Crippen LogP contribution is -2.57. The number of hydrogen-bond donors (Lipinski definition) is 0. The molecule has 0 amide bonds. The monoisotopic (exact) mass is 851 g/mol. The second kappa shape index (κ2) is 14.4. The van der Waals surface area contributed by atoms with E-state index < -0.39 is 0 Å². The van der Waals surface area contributed by atoms with Crippen LogP contribution in [0.15, 0.2) is 133 Å². The summed E-state index contributed by atoms with van der Waals surface area (Å²) in [6.07, 6.45) is 0. The lowest BCUT2D eigenvalue weighted by Gasteiger charge is -2.42. The van der Waals surface area contributed by atoms with Crippen LogP contribution in [0.25, 0.3) is 55.2 Å². The molecular formula is C62H67BN2. The van der Waals surface area contributed by atoms with Crippen LogP contribution in [0.5, 0.6) is 0 Å². The van der Waals surface area contributed by atoms with E-state index in [0.29, 0.717) is 0 Å². The molecule has 328 valence electrons. The number of rotatable bonds is 3. The van der Waals surface area contributed by atoms with E-state index >= 15 is 0 Å². The summed E-state index contributed by atoms with van der Waals surface area (Å²) in [5.74, 6) is 0. The molecule has 0 N–H and O–H groups in total. The average Bonchev–Trinajstić information content (AvgIpc) is 3.58. The molecule has 0 radical (unpaired) electrons. The van der Waals surface area contributed by atoms with Crippen molar-refractivity contribution in [3.8, 4) is 33.5 Å². The Morgan fingerprint density at radius 2 is 0.908 bits per heavy atom. The van der Waals surface area contributed by atoms with E-state index in [9.17, 15) is 0 Å². The summed E-state index contributed by atoms with van der Waals surface area (Å²) in [4.78, 5) is 2.62. The lowest BCUT2D eigenvalue weighted by molar-refractivity contribution is 0.589. The van der Waals surface area contributed by atoms with Crippen molar-refractivity contribution in [2.45, 2.75) is 131 Å². The van der Waals surface area contributed by atoms with Gasteiger partial charge in [0.2, 0.25) is 0 Å². The Hall–Kier alpha value is -5.80. The number of benzene rings is 7. The predicted molar refractivity (Wildman–Crippen MR) is 284 cm³/mol. The maximum absolute atomic E-state index is 2.78. The second-order valence-corrected chi connectivity index (χ2v) is 24.4. The molecule has 8 aromatic rings. The van der Waals surface area contributed by atoms with Gasteiger partial charge >= 0.3 is 6.85 Å². The van der Waals surface area contributed by atoms with Gasteiger partial charge in [0.05, 0.1) is 5.69 Å². The first-order chi connectivity index (χ1) is 30.4. The molecule has 0 bridgehead atoms. The van der Waals surface area contributed by atoms with Crippen LogP contribution >= 0.6 is 0 Å². The predicted octanol–water partition coefficient (Wildman–Crippen LogP) is 16.0. The zero-order valence-corrected chi connectivity index (χ0v) is 41.7. The van der Waals surface area contributed by atoms with Gasteiger partial charge in [0, 0.05) is 44.5 Å². The first-order valence-corrected chi connectivity index (χ1v) is 24.0. The number of hydrogen-bond acceptors (Lipinski definition) is 1. The van der Waals surface area contributed by atoms with Gasteiger partial charge in [-0.1, -0.05) is 207 Å². The fourth-order valence-corrected chi connectivity index (χ4v) is 10.6. The van der Waals surface area contributed by atoms with E-state index in [0.717, 1.165) is 0 Å². The first-order valence-electron chi connectivity index (χ1n) is 24.0. The van der Waals surface area contributed by atoms with Gasteiger partial charge in [-0.15, -0.1) is 0 Å². The first kappa shape index (κ1) is 43.1. The van der Waals surface area contributed by atoms with Crippen LogP contribution < -0.4 is 15.8 Å². The topological polar surface area (TPSA) is 8.17 Å². The van der Waals surface area contributed by atoms with Crippen LogP contribution in [-0.4, -0.2) is 11.3 Å². The standard InChI is InChI=1S/C62H67BN2/c1-58(2,3)41-25-20-39(21-26-41)53-50-36-44(61(10,11)12)35-49-48-34-45(62(13,14)15)37-52-54(48)63(65(56(49)50)55(53)40-22-27-42(28-23-40)59(4,5)6)51-33-24-38-18-16-17-19-47(38)57(51)64(52)46-31-29-43(30-32-46)60(7,8)9/h16-37H,1-15H3. The van der Waals surface area contributed by atoms with Gasteiger partial charge < -0.3 is 9.38 Å². The molecule has 0 unspecified atom stereocenters. The highest BCUT2D eigenvalue weighted by Gasteiger charge is 2.45. The number of nitrogens with zero attached hydrogens (tertiary/aromatic N) is 2.